The van der Waals surface area contributed by atoms with Gasteiger partial charge in [-0.25, -0.2) is 9.97 Å². The molecule has 0 bridgehead atoms. The molecule has 2 N–H and O–H groups in total. The maximum Gasteiger partial charge on any atom is 0.256 e. The third-order valence-electron chi connectivity index (χ3n) is 9.28. The van der Waals surface area contributed by atoms with Gasteiger partial charge in [0.05, 0.1) is 37.4 Å². The molecular weight excluding hydrogens is 736 g/mol. The number of anilines is 1. The third kappa shape index (κ3) is 8.17. The fourth-order valence-corrected chi connectivity index (χ4v) is 7.97. The Morgan fingerprint density at radius 2 is 1.98 bits per heavy atom. The number of piperidine rings is 1. The number of carbonyl (C=O) groups is 4. The zero-order valence-corrected chi connectivity index (χ0v) is 31.5. The molecule has 14 heteroatoms. The maximum absolute atomic E-state index is 13.0. The van der Waals surface area contributed by atoms with Crippen molar-refractivity contribution in [1.82, 2.24) is 25.1 Å². The zero-order chi connectivity index (χ0) is 36.2. The molecule has 2 aromatic carbocycles. The second-order valence-corrected chi connectivity index (χ2v) is 14.8. The molecule has 0 saturated carbocycles. The fraction of sp³-hybridized carbons (Fsp3) is 0.405. The van der Waals surface area contributed by atoms with Crippen LogP contribution in [0.1, 0.15) is 83.7 Å². The highest BCUT2D eigenvalue weighted by Crippen LogP contribution is 2.36. The van der Waals surface area contributed by atoms with Crippen LogP contribution < -0.4 is 20.1 Å². The average Bonchev–Trinajstić information content (AvgIpc) is 3.64. The Balaban J connectivity index is 0.981. The van der Waals surface area contributed by atoms with Crippen molar-refractivity contribution >= 4 is 67.6 Å². The van der Waals surface area contributed by atoms with Crippen LogP contribution in [-0.4, -0.2) is 70.2 Å². The zero-order valence-electron chi connectivity index (χ0n) is 29.1. The summed E-state index contributed by atoms with van der Waals surface area (Å²) in [6.07, 6.45) is 3.21. The number of imide groups is 1. The number of aryl methyl sites for hydroxylation is 1. The topological polar surface area (TPSA) is 143 Å². The van der Waals surface area contributed by atoms with Crippen LogP contribution in [-0.2, 0) is 27.5 Å². The van der Waals surface area contributed by atoms with Gasteiger partial charge in [-0.1, -0.05) is 28.1 Å². The van der Waals surface area contributed by atoms with Crippen molar-refractivity contribution in [2.24, 2.45) is 0 Å². The van der Waals surface area contributed by atoms with Crippen LogP contribution >= 0.6 is 27.3 Å². The number of hydrogen-bond acceptors (Lipinski definition) is 10. The van der Waals surface area contributed by atoms with E-state index >= 15 is 0 Å². The number of nitrogens with one attached hydrogen (secondary N) is 2. The highest BCUT2D eigenvalue weighted by atomic mass is 79.9. The second-order valence-electron chi connectivity index (χ2n) is 12.9. The molecule has 4 amide bonds. The van der Waals surface area contributed by atoms with Gasteiger partial charge in [0.25, 0.3) is 5.91 Å². The normalized spacial score (nSPS) is 16.2. The number of amides is 4. The Morgan fingerprint density at radius 3 is 2.75 bits per heavy atom. The van der Waals surface area contributed by atoms with E-state index in [1.165, 1.54) is 16.2 Å². The summed E-state index contributed by atoms with van der Waals surface area (Å²) in [7, 11) is 3.38. The van der Waals surface area contributed by atoms with Gasteiger partial charge in [-0.3, -0.25) is 24.5 Å². The molecule has 0 radical (unpaired) electrons. The summed E-state index contributed by atoms with van der Waals surface area (Å²) >= 11 is 5.00. The molecule has 268 valence electrons. The average molecular weight is 778 g/mol. The minimum atomic E-state index is -0.656. The van der Waals surface area contributed by atoms with Gasteiger partial charge in [-0.15, -0.1) is 11.3 Å². The van der Waals surface area contributed by atoms with Gasteiger partial charge in [-0.05, 0) is 68.9 Å². The van der Waals surface area contributed by atoms with Gasteiger partial charge < -0.3 is 24.6 Å². The van der Waals surface area contributed by atoms with E-state index in [-0.39, 0.29) is 30.2 Å². The number of fused-ring (bicyclic) bond motifs is 2. The SMILES string of the molecule is COc1cc2c(N[C@H](C)c3cccc(Br)c3)nc(C)nc2cc1OCCCCCC(=O)N(C)Cc1scc2c1CN(C1CCC(=O)NC1=O)C2=O. The van der Waals surface area contributed by atoms with Gasteiger partial charge in [-0.2, -0.15) is 0 Å². The summed E-state index contributed by atoms with van der Waals surface area (Å²) in [4.78, 5) is 63.5. The quantitative estimate of drug-likeness (QED) is 0.111. The lowest BCUT2D eigenvalue weighted by Gasteiger charge is -2.29. The molecule has 2 atom stereocenters. The molecule has 1 saturated heterocycles. The number of thiophene rings is 1. The molecular formula is C37H41BrN6O6S. The number of aromatic nitrogens is 2. The van der Waals surface area contributed by atoms with E-state index in [2.05, 4.69) is 55.6 Å². The standard InChI is InChI=1S/C37H41BrN6O6S/c1-21(23-9-8-10-24(38)15-23)39-35-25-16-30(49-4)31(17-28(25)40-22(2)41-35)50-14-7-5-6-11-34(46)43(3)19-32-26-18-44(37(48)27(26)20-51-32)29-12-13-33(45)42-36(29)47/h8-10,15-17,20-21,29H,5-7,11-14,18-19H2,1-4H3,(H,39,40,41)(H,42,45,47)/t21-,29?/m1/s1. The van der Waals surface area contributed by atoms with Crippen molar-refractivity contribution in [3.05, 3.63) is 73.6 Å². The minimum absolute atomic E-state index is 0.00786. The maximum atomic E-state index is 13.0. The van der Waals surface area contributed by atoms with Crippen LogP contribution in [0.15, 0.2) is 46.3 Å². The lowest BCUT2D eigenvalue weighted by Crippen LogP contribution is -2.52. The summed E-state index contributed by atoms with van der Waals surface area (Å²) in [5.74, 6) is 1.63. The Labute approximate surface area is 309 Å². The van der Waals surface area contributed by atoms with E-state index in [0.29, 0.717) is 61.8 Å². The summed E-state index contributed by atoms with van der Waals surface area (Å²) < 4.78 is 12.8. The molecule has 4 heterocycles. The molecule has 0 spiro atoms. The van der Waals surface area contributed by atoms with Crippen LogP contribution in [0.3, 0.4) is 0 Å². The highest BCUT2D eigenvalue weighted by Gasteiger charge is 2.40. The Hall–Kier alpha value is -4.56. The van der Waals surface area contributed by atoms with Crippen molar-refractivity contribution in [1.29, 1.82) is 0 Å². The molecule has 4 aromatic rings. The highest BCUT2D eigenvalue weighted by molar-refractivity contribution is 9.10. The van der Waals surface area contributed by atoms with Crippen molar-refractivity contribution in [3.63, 3.8) is 0 Å². The van der Waals surface area contributed by atoms with Crippen LogP contribution in [0.25, 0.3) is 10.9 Å². The largest absolute Gasteiger partial charge is 0.493 e. The number of hydrogen-bond donors (Lipinski definition) is 2. The molecule has 1 fully saturated rings. The monoisotopic (exact) mass is 776 g/mol. The predicted octanol–water partition coefficient (Wildman–Crippen LogP) is 6.30. The van der Waals surface area contributed by atoms with Crippen molar-refractivity contribution in [2.45, 2.75) is 77.5 Å². The molecule has 1 unspecified atom stereocenters. The fourth-order valence-electron chi connectivity index (χ4n) is 6.47. The van der Waals surface area contributed by atoms with E-state index in [9.17, 15) is 19.2 Å². The number of nitrogens with zero attached hydrogens (tertiary/aromatic N) is 4. The lowest BCUT2D eigenvalue weighted by molar-refractivity contribution is -0.137. The molecule has 2 aromatic heterocycles. The molecule has 2 aliphatic rings. The van der Waals surface area contributed by atoms with Gasteiger partial charge in [0, 0.05) is 52.6 Å². The smallest absolute Gasteiger partial charge is 0.256 e. The number of benzene rings is 2. The first-order valence-electron chi connectivity index (χ1n) is 17.0. The van der Waals surface area contributed by atoms with Crippen LogP contribution in [0.2, 0.25) is 0 Å². The first-order chi connectivity index (χ1) is 24.5. The summed E-state index contributed by atoms with van der Waals surface area (Å²) in [5, 5.41) is 8.49. The first-order valence-corrected chi connectivity index (χ1v) is 18.7. The van der Waals surface area contributed by atoms with Gasteiger partial charge >= 0.3 is 0 Å². The Bertz CT molecular complexity index is 1980. The van der Waals surface area contributed by atoms with Crippen molar-refractivity contribution in [2.75, 3.05) is 26.1 Å². The molecule has 0 aliphatic carbocycles. The summed E-state index contributed by atoms with van der Waals surface area (Å²) in [6.45, 7) is 5.11. The number of unbranched alkanes of at least 4 members (excludes halogenated alkanes) is 2. The van der Waals surface area contributed by atoms with Gasteiger partial charge in [0.15, 0.2) is 11.5 Å². The van der Waals surface area contributed by atoms with Crippen molar-refractivity contribution in [3.8, 4) is 11.5 Å². The predicted molar refractivity (Wildman–Crippen MR) is 198 cm³/mol. The molecule has 51 heavy (non-hydrogen) atoms. The number of methoxy groups -OCH3 is 1. The second kappa shape index (κ2) is 15.8. The molecule has 2 aliphatic heterocycles. The van der Waals surface area contributed by atoms with E-state index in [0.717, 1.165) is 50.0 Å². The van der Waals surface area contributed by atoms with Gasteiger partial charge in [0.1, 0.15) is 17.7 Å². The first kappa shape index (κ1) is 36.2. The minimum Gasteiger partial charge on any atom is -0.493 e. The van der Waals surface area contributed by atoms with E-state index < -0.39 is 11.9 Å². The number of rotatable bonds is 14. The number of ether oxygens (including phenoxy) is 2. The van der Waals surface area contributed by atoms with E-state index in [1.54, 1.807) is 24.4 Å². The number of carbonyl (C=O) groups excluding carboxylic acids is 4. The Kier molecular flexibility index (Phi) is 11.2. The van der Waals surface area contributed by atoms with E-state index in [4.69, 9.17) is 9.47 Å². The van der Waals surface area contributed by atoms with Crippen LogP contribution in [0.4, 0.5) is 5.82 Å². The van der Waals surface area contributed by atoms with E-state index in [1.807, 2.05) is 31.2 Å². The lowest BCUT2D eigenvalue weighted by atomic mass is 10.0. The van der Waals surface area contributed by atoms with Crippen LogP contribution in [0.5, 0.6) is 11.5 Å². The molecule has 12 nitrogen and oxygen atoms in total. The summed E-state index contributed by atoms with van der Waals surface area (Å²) in [5.41, 5.74) is 3.31. The van der Waals surface area contributed by atoms with Crippen molar-refractivity contribution < 1.29 is 28.7 Å². The number of halogens is 1. The summed E-state index contributed by atoms with van der Waals surface area (Å²) in [6, 6.07) is 11.3. The molecule has 6 rings (SSSR count). The Morgan fingerprint density at radius 1 is 1.16 bits per heavy atom. The van der Waals surface area contributed by atoms with Crippen LogP contribution in [0, 0.1) is 6.92 Å². The third-order valence-corrected chi connectivity index (χ3v) is 10.8. The van der Waals surface area contributed by atoms with Gasteiger partial charge in [0.2, 0.25) is 17.7 Å².